The Bertz CT molecular complexity index is 1070. The lowest BCUT2D eigenvalue weighted by Gasteiger charge is -2.08. The van der Waals surface area contributed by atoms with Crippen LogP contribution >= 0.6 is 11.6 Å². The van der Waals surface area contributed by atoms with E-state index in [2.05, 4.69) is 0 Å². The Kier molecular flexibility index (Phi) is 4.32. The summed E-state index contributed by atoms with van der Waals surface area (Å²) >= 11 is 5.82. The van der Waals surface area contributed by atoms with Crippen LogP contribution < -0.4 is 0 Å². The van der Waals surface area contributed by atoms with Crippen molar-refractivity contribution in [3.63, 3.8) is 0 Å². The third-order valence-electron chi connectivity index (χ3n) is 3.96. The Balaban J connectivity index is 2.35. The summed E-state index contributed by atoms with van der Waals surface area (Å²) in [6, 6.07) is 10.5. The second kappa shape index (κ2) is 6.18. The molecule has 0 radical (unpaired) electrons. The number of aliphatic carboxylic acids is 1. The second-order valence-corrected chi connectivity index (χ2v) is 7.82. The van der Waals surface area contributed by atoms with Crippen LogP contribution in [0, 0.1) is 6.92 Å². The van der Waals surface area contributed by atoms with Crippen molar-refractivity contribution in [3.05, 3.63) is 64.9 Å². The van der Waals surface area contributed by atoms with Gasteiger partial charge in [0.2, 0.25) is 9.84 Å². The normalized spacial score (nSPS) is 13.1. The zero-order valence-electron chi connectivity index (χ0n) is 13.0. The number of pyridine rings is 1. The van der Waals surface area contributed by atoms with E-state index >= 15 is 0 Å². The molecule has 0 aliphatic rings. The lowest BCUT2D eigenvalue weighted by Crippen LogP contribution is -2.14. The lowest BCUT2D eigenvalue weighted by molar-refractivity contribution is -0.147. The van der Waals surface area contributed by atoms with E-state index in [-0.39, 0.29) is 21.0 Å². The molecule has 0 saturated heterocycles. The molecule has 0 bridgehead atoms. The van der Waals surface area contributed by atoms with Gasteiger partial charge in [0.05, 0.1) is 16.1 Å². The van der Waals surface area contributed by atoms with Gasteiger partial charge in [-0.15, -0.1) is 0 Å². The zero-order chi connectivity index (χ0) is 18.4. The minimum Gasteiger partial charge on any atom is -0.479 e. The SMILES string of the molecule is Cc1c(S(=O)(=O)c2ccc(Cl)cc2)c2ccccn2c1C(O)C(=O)O. The lowest BCUT2D eigenvalue weighted by atomic mass is 10.2. The van der Waals surface area contributed by atoms with Gasteiger partial charge in [-0.2, -0.15) is 0 Å². The number of carbonyl (C=O) groups is 1. The Labute approximate surface area is 148 Å². The molecule has 0 fully saturated rings. The largest absolute Gasteiger partial charge is 0.479 e. The topological polar surface area (TPSA) is 96.1 Å². The van der Waals surface area contributed by atoms with E-state index in [1.807, 2.05) is 0 Å². The van der Waals surface area contributed by atoms with E-state index in [9.17, 15) is 18.3 Å². The highest BCUT2D eigenvalue weighted by molar-refractivity contribution is 7.91. The van der Waals surface area contributed by atoms with Crippen molar-refractivity contribution < 1.29 is 23.4 Å². The number of benzene rings is 1. The molecule has 1 unspecified atom stereocenters. The number of carboxylic acids is 1. The summed E-state index contributed by atoms with van der Waals surface area (Å²) in [5.74, 6) is -1.46. The van der Waals surface area contributed by atoms with Gasteiger partial charge >= 0.3 is 5.97 Å². The first-order valence-electron chi connectivity index (χ1n) is 7.26. The van der Waals surface area contributed by atoms with Gasteiger partial charge in [-0.1, -0.05) is 17.7 Å². The average molecular weight is 380 g/mol. The third-order valence-corrected chi connectivity index (χ3v) is 6.16. The van der Waals surface area contributed by atoms with Crippen LogP contribution in [-0.4, -0.2) is 29.0 Å². The number of nitrogens with zero attached hydrogens (tertiary/aromatic N) is 1. The van der Waals surface area contributed by atoms with Gasteiger partial charge < -0.3 is 14.6 Å². The molecular weight excluding hydrogens is 366 g/mol. The number of fused-ring (bicyclic) bond motifs is 1. The second-order valence-electron chi connectivity index (χ2n) is 5.49. The molecule has 0 aliphatic carbocycles. The highest BCUT2D eigenvalue weighted by Crippen LogP contribution is 2.35. The summed E-state index contributed by atoms with van der Waals surface area (Å²) < 4.78 is 27.6. The van der Waals surface area contributed by atoms with Gasteiger partial charge in [-0.3, -0.25) is 0 Å². The maximum Gasteiger partial charge on any atom is 0.338 e. The molecule has 3 aromatic rings. The maximum atomic E-state index is 13.1. The van der Waals surface area contributed by atoms with Crippen LogP contribution in [0.25, 0.3) is 5.52 Å². The van der Waals surface area contributed by atoms with Crippen molar-refractivity contribution in [1.82, 2.24) is 4.40 Å². The number of halogens is 1. The predicted molar refractivity (Wildman–Crippen MR) is 91.6 cm³/mol. The summed E-state index contributed by atoms with van der Waals surface area (Å²) in [7, 11) is -3.93. The highest BCUT2D eigenvalue weighted by Gasteiger charge is 2.31. The highest BCUT2D eigenvalue weighted by atomic mass is 35.5. The summed E-state index contributed by atoms with van der Waals surface area (Å²) in [6.45, 7) is 1.48. The van der Waals surface area contributed by atoms with E-state index in [0.29, 0.717) is 10.5 Å². The van der Waals surface area contributed by atoms with Gasteiger partial charge in [0.15, 0.2) is 6.10 Å². The molecule has 2 aromatic heterocycles. The third kappa shape index (κ3) is 2.80. The van der Waals surface area contributed by atoms with Crippen molar-refractivity contribution >= 4 is 32.9 Å². The molecular formula is C17H14ClNO5S. The standard InChI is InChI=1S/C17H14ClNO5S/c1-10-14(15(20)17(21)22)19-9-3-2-4-13(19)16(10)25(23,24)12-7-5-11(18)6-8-12/h2-9,15,20H,1H3,(H,21,22). The van der Waals surface area contributed by atoms with Gasteiger partial charge in [-0.05, 0) is 48.9 Å². The number of aliphatic hydroxyl groups is 1. The molecule has 0 saturated carbocycles. The molecule has 1 atom stereocenters. The van der Waals surface area contributed by atoms with Crippen LogP contribution in [0.1, 0.15) is 17.4 Å². The van der Waals surface area contributed by atoms with Crippen LogP contribution in [0.5, 0.6) is 0 Å². The molecule has 8 heteroatoms. The Hall–Kier alpha value is -2.35. The number of aliphatic hydroxyl groups excluding tert-OH is 1. The number of hydrogen-bond donors (Lipinski definition) is 2. The average Bonchev–Trinajstić information content (AvgIpc) is 2.86. The molecule has 1 aromatic carbocycles. The Morgan fingerprint density at radius 1 is 1.16 bits per heavy atom. The summed E-state index contributed by atoms with van der Waals surface area (Å²) in [4.78, 5) is 11.2. The quantitative estimate of drug-likeness (QED) is 0.726. The molecule has 25 heavy (non-hydrogen) atoms. The zero-order valence-corrected chi connectivity index (χ0v) is 14.6. The van der Waals surface area contributed by atoms with E-state index in [0.717, 1.165) is 0 Å². The molecule has 0 amide bonds. The van der Waals surface area contributed by atoms with Crippen LogP contribution in [0.2, 0.25) is 5.02 Å². The molecule has 130 valence electrons. The summed E-state index contributed by atoms with van der Waals surface area (Å²) in [5, 5.41) is 19.6. The summed E-state index contributed by atoms with van der Waals surface area (Å²) in [6.07, 6.45) is -0.325. The first-order chi connectivity index (χ1) is 11.7. The fourth-order valence-electron chi connectivity index (χ4n) is 2.85. The van der Waals surface area contributed by atoms with Crippen LogP contribution in [-0.2, 0) is 14.6 Å². The van der Waals surface area contributed by atoms with Crippen molar-refractivity contribution in [2.24, 2.45) is 0 Å². The number of aromatic nitrogens is 1. The molecule has 3 rings (SSSR count). The molecule has 2 N–H and O–H groups in total. The predicted octanol–water partition coefficient (Wildman–Crippen LogP) is 2.85. The molecule has 6 nitrogen and oxygen atoms in total. The van der Waals surface area contributed by atoms with E-state index in [1.165, 1.54) is 41.8 Å². The van der Waals surface area contributed by atoms with Crippen LogP contribution in [0.15, 0.2) is 58.5 Å². The van der Waals surface area contributed by atoms with Gasteiger partial charge in [-0.25, -0.2) is 13.2 Å². The monoisotopic (exact) mass is 379 g/mol. The van der Waals surface area contributed by atoms with E-state index in [4.69, 9.17) is 16.7 Å². The van der Waals surface area contributed by atoms with E-state index in [1.54, 1.807) is 18.2 Å². The Morgan fingerprint density at radius 2 is 1.80 bits per heavy atom. The first kappa shape index (κ1) is 17.5. The van der Waals surface area contributed by atoms with Crippen LogP contribution in [0.4, 0.5) is 0 Å². The summed E-state index contributed by atoms with van der Waals surface area (Å²) in [5.41, 5.74) is 0.497. The van der Waals surface area contributed by atoms with Gasteiger partial charge in [0.25, 0.3) is 0 Å². The molecule has 0 aliphatic heterocycles. The fourth-order valence-corrected chi connectivity index (χ4v) is 4.66. The van der Waals surface area contributed by atoms with Gasteiger partial charge in [0.1, 0.15) is 4.90 Å². The number of carboxylic acid groups (broad SMARTS) is 1. The molecule has 0 spiro atoms. The van der Waals surface area contributed by atoms with Crippen molar-refractivity contribution in [2.45, 2.75) is 22.8 Å². The van der Waals surface area contributed by atoms with Crippen molar-refractivity contribution in [1.29, 1.82) is 0 Å². The Morgan fingerprint density at radius 3 is 2.40 bits per heavy atom. The smallest absolute Gasteiger partial charge is 0.338 e. The number of hydrogen-bond acceptors (Lipinski definition) is 4. The van der Waals surface area contributed by atoms with Crippen LogP contribution in [0.3, 0.4) is 0 Å². The number of rotatable bonds is 4. The van der Waals surface area contributed by atoms with Crippen molar-refractivity contribution in [3.8, 4) is 0 Å². The van der Waals surface area contributed by atoms with Gasteiger partial charge in [0, 0.05) is 11.2 Å². The number of sulfone groups is 1. The molecule has 2 heterocycles. The minimum atomic E-state index is -3.93. The minimum absolute atomic E-state index is 0.00985. The maximum absolute atomic E-state index is 13.1. The fraction of sp³-hybridized carbons (Fsp3) is 0.118. The first-order valence-corrected chi connectivity index (χ1v) is 9.12. The van der Waals surface area contributed by atoms with Crippen molar-refractivity contribution in [2.75, 3.05) is 0 Å². The van der Waals surface area contributed by atoms with E-state index < -0.39 is 21.9 Å².